The maximum absolute atomic E-state index is 12.7. The van der Waals surface area contributed by atoms with Gasteiger partial charge in [0, 0.05) is 32.1 Å². The topological polar surface area (TPSA) is 402 Å². The van der Waals surface area contributed by atoms with Gasteiger partial charge in [0.15, 0.2) is 25.0 Å². The van der Waals surface area contributed by atoms with Crippen LogP contribution in [0.1, 0.15) is 12.8 Å². The molecule has 4 rings (SSSR count). The molecule has 3 saturated heterocycles. The number of rotatable bonds is 13. The fourth-order valence-electron chi connectivity index (χ4n) is 6.37. The highest BCUT2D eigenvalue weighted by molar-refractivity contribution is 5.81. The predicted octanol–water partition coefficient (Wildman–Crippen LogP) is -10.0. The van der Waals surface area contributed by atoms with E-state index in [1.165, 1.54) is 0 Å². The van der Waals surface area contributed by atoms with Crippen molar-refractivity contribution < 1.29 is 74.1 Å². The summed E-state index contributed by atoms with van der Waals surface area (Å²) in [6.45, 7) is -1.33. The third kappa shape index (κ3) is 8.83. The van der Waals surface area contributed by atoms with Gasteiger partial charge < -0.3 is 109 Å². The molecule has 4 aliphatic rings. The maximum atomic E-state index is 12.7. The Kier molecular flexibility index (Phi) is 14.4. The molecule has 0 spiro atoms. The minimum atomic E-state index is -1.94. The van der Waals surface area contributed by atoms with Crippen molar-refractivity contribution in [1.82, 2.24) is 5.32 Å². The molecule has 49 heavy (non-hydrogen) atoms. The zero-order valence-electron chi connectivity index (χ0n) is 26.7. The second-order valence-electron chi connectivity index (χ2n) is 12.9. The van der Waals surface area contributed by atoms with Gasteiger partial charge in [0.2, 0.25) is 0 Å². The molecule has 3 heterocycles. The quantitative estimate of drug-likeness (QED) is 0.0841. The van der Waals surface area contributed by atoms with E-state index in [4.69, 9.17) is 62.8 Å². The molecule has 0 bridgehead atoms. The number of carbonyl (C=O) groups excluding carboxylic acids is 1. The summed E-state index contributed by atoms with van der Waals surface area (Å²) in [5.74, 6) is -1.07. The lowest BCUT2D eigenvalue weighted by Gasteiger charge is -2.47. The van der Waals surface area contributed by atoms with Crippen molar-refractivity contribution in [1.29, 1.82) is 0 Å². The molecule has 1 saturated carbocycles. The van der Waals surface area contributed by atoms with Crippen LogP contribution >= 0.6 is 0 Å². The fraction of sp³-hybridized carbons (Fsp3) is 0.963. The molecule has 4 fully saturated rings. The van der Waals surface area contributed by atoms with Crippen molar-refractivity contribution >= 4 is 5.91 Å². The van der Waals surface area contributed by atoms with Gasteiger partial charge in [-0.25, -0.2) is 0 Å². The summed E-state index contributed by atoms with van der Waals surface area (Å²) in [6, 6.07) is -4.65. The van der Waals surface area contributed by atoms with Crippen molar-refractivity contribution in [2.24, 2.45) is 34.4 Å². The van der Waals surface area contributed by atoms with Gasteiger partial charge in [0.05, 0.1) is 36.9 Å². The second-order valence-corrected chi connectivity index (χ2v) is 12.9. The van der Waals surface area contributed by atoms with Crippen molar-refractivity contribution in [2.45, 2.75) is 135 Å². The molecular formula is C27H53N7O15. The summed E-state index contributed by atoms with van der Waals surface area (Å²) in [5, 5.41) is 86.4. The highest BCUT2D eigenvalue weighted by atomic mass is 16.8. The zero-order valence-corrected chi connectivity index (χ0v) is 26.7. The Morgan fingerprint density at radius 1 is 0.735 bits per heavy atom. The van der Waals surface area contributed by atoms with E-state index >= 15 is 0 Å². The van der Waals surface area contributed by atoms with E-state index < -0.39 is 141 Å². The van der Waals surface area contributed by atoms with E-state index in [1.807, 2.05) is 0 Å². The van der Waals surface area contributed by atoms with E-state index in [-0.39, 0.29) is 25.9 Å². The zero-order chi connectivity index (χ0) is 36.3. The van der Waals surface area contributed by atoms with E-state index in [1.54, 1.807) is 0 Å². The number of hydrogen-bond donors (Lipinski definition) is 15. The number of carbonyl (C=O) groups is 1. The molecular weight excluding hydrogens is 662 g/mol. The third-order valence-corrected chi connectivity index (χ3v) is 9.40. The minimum Gasteiger partial charge on any atom is -0.394 e. The molecule has 20 atom stereocenters. The van der Waals surface area contributed by atoms with Gasteiger partial charge in [0.25, 0.3) is 5.91 Å². The van der Waals surface area contributed by atoms with Crippen molar-refractivity contribution in [3.63, 3.8) is 0 Å². The Bertz CT molecular complexity index is 1060. The van der Waals surface area contributed by atoms with Crippen LogP contribution < -0.4 is 39.7 Å². The minimum absolute atomic E-state index is 0.0242. The normalized spacial score (nSPS) is 47.5. The van der Waals surface area contributed by atoms with Gasteiger partial charge in [-0.2, -0.15) is 0 Å². The van der Waals surface area contributed by atoms with Gasteiger partial charge in [-0.1, -0.05) is 0 Å². The molecule has 0 aromatic carbocycles. The van der Waals surface area contributed by atoms with Crippen molar-refractivity contribution in [3.8, 4) is 0 Å². The van der Waals surface area contributed by atoms with Gasteiger partial charge in [0.1, 0.15) is 61.0 Å². The van der Waals surface area contributed by atoms with Crippen LogP contribution in [0.25, 0.3) is 0 Å². The number of aliphatic hydroxyl groups excluding tert-OH is 8. The average molecular weight is 716 g/mol. The molecule has 22 heteroatoms. The van der Waals surface area contributed by atoms with Gasteiger partial charge in [-0.3, -0.25) is 4.79 Å². The third-order valence-electron chi connectivity index (χ3n) is 9.40. The largest absolute Gasteiger partial charge is 0.394 e. The summed E-state index contributed by atoms with van der Waals surface area (Å²) in [6.07, 6.45) is -22.6. The molecule has 0 radical (unpaired) electrons. The van der Waals surface area contributed by atoms with Crippen LogP contribution in [0.4, 0.5) is 0 Å². The summed E-state index contributed by atoms with van der Waals surface area (Å²) in [5.41, 5.74) is 35.3. The van der Waals surface area contributed by atoms with Gasteiger partial charge >= 0.3 is 0 Å². The monoisotopic (exact) mass is 715 g/mol. The standard InChI is InChI=1S/C27H53N7O15/c28-3-7-1-10(36)14(32)25(44-7)47-21-8(31)2-9(34-24(43)17(39)11(37)4-29)16(38)23(21)49-27-20(42)22(13(6-35)46-27)48-26-15(33)19(41)18(40)12(5-30)45-26/h7-23,25-27,35-42H,1-6,28-33H2,(H,34,43). The first-order valence-electron chi connectivity index (χ1n) is 16.1. The van der Waals surface area contributed by atoms with Crippen LogP contribution in [0.2, 0.25) is 0 Å². The van der Waals surface area contributed by atoms with E-state index in [9.17, 15) is 45.6 Å². The van der Waals surface area contributed by atoms with Crippen LogP contribution in [0.3, 0.4) is 0 Å². The van der Waals surface area contributed by atoms with E-state index in [2.05, 4.69) is 5.32 Å². The number of nitrogens with two attached hydrogens (primary N) is 6. The molecule has 0 aromatic rings. The van der Waals surface area contributed by atoms with Gasteiger partial charge in [-0.05, 0) is 6.42 Å². The number of amides is 1. The molecule has 286 valence electrons. The molecule has 1 amide bonds. The lowest BCUT2D eigenvalue weighted by molar-refractivity contribution is -0.295. The highest BCUT2D eigenvalue weighted by Crippen LogP contribution is 2.34. The molecule has 22 nitrogen and oxygen atoms in total. The van der Waals surface area contributed by atoms with Crippen LogP contribution in [0.5, 0.6) is 0 Å². The first kappa shape index (κ1) is 40.4. The summed E-state index contributed by atoms with van der Waals surface area (Å²) in [4.78, 5) is 12.7. The lowest BCUT2D eigenvalue weighted by Crippen LogP contribution is -2.68. The molecule has 20 unspecified atom stereocenters. The summed E-state index contributed by atoms with van der Waals surface area (Å²) in [7, 11) is 0. The Morgan fingerprint density at radius 3 is 1.96 bits per heavy atom. The Hall–Kier alpha value is -1.33. The number of nitrogens with one attached hydrogen (secondary N) is 1. The summed E-state index contributed by atoms with van der Waals surface area (Å²) < 4.78 is 35.1. The van der Waals surface area contributed by atoms with E-state index in [0.717, 1.165) is 0 Å². The number of hydrogen-bond acceptors (Lipinski definition) is 21. The lowest BCUT2D eigenvalue weighted by atomic mass is 9.83. The Labute approximate surface area is 281 Å². The molecule has 21 N–H and O–H groups in total. The number of ether oxygens (including phenoxy) is 6. The van der Waals surface area contributed by atoms with Crippen LogP contribution in [-0.2, 0) is 33.2 Å². The fourth-order valence-corrected chi connectivity index (χ4v) is 6.37. The second kappa shape index (κ2) is 17.5. The predicted molar refractivity (Wildman–Crippen MR) is 162 cm³/mol. The molecule has 0 aromatic heterocycles. The number of aliphatic hydroxyl groups is 8. The highest BCUT2D eigenvalue weighted by Gasteiger charge is 2.54. The first-order chi connectivity index (χ1) is 23.2. The van der Waals surface area contributed by atoms with Crippen LogP contribution in [0, 0.1) is 0 Å². The first-order valence-corrected chi connectivity index (χ1v) is 16.1. The smallest absolute Gasteiger partial charge is 0.251 e. The molecule has 1 aliphatic carbocycles. The van der Waals surface area contributed by atoms with Gasteiger partial charge in [-0.15, -0.1) is 0 Å². The molecule has 3 aliphatic heterocycles. The Balaban J connectivity index is 1.57. The maximum Gasteiger partial charge on any atom is 0.251 e. The van der Waals surface area contributed by atoms with E-state index in [0.29, 0.717) is 0 Å². The van der Waals surface area contributed by atoms with Crippen LogP contribution in [0.15, 0.2) is 0 Å². The van der Waals surface area contributed by atoms with Crippen LogP contribution in [-0.4, -0.2) is 195 Å². The summed E-state index contributed by atoms with van der Waals surface area (Å²) >= 11 is 0. The average Bonchev–Trinajstić information content (AvgIpc) is 3.38. The Morgan fingerprint density at radius 2 is 1.35 bits per heavy atom. The SMILES string of the molecule is NCC1CC(O)C(N)C(OC2C(N)CC(NC(=O)C(O)C(O)CN)C(O)C2OC2OC(CO)C(OC3OC(CN)C(O)C(O)C3N)C2O)O1. The van der Waals surface area contributed by atoms with Crippen molar-refractivity contribution in [2.75, 3.05) is 26.2 Å². The van der Waals surface area contributed by atoms with Crippen molar-refractivity contribution in [3.05, 3.63) is 0 Å².